The zero-order chi connectivity index (χ0) is 17.8. The molecular formula is C19H29NO3S. The number of hydrogen-bond donors (Lipinski definition) is 0. The van der Waals surface area contributed by atoms with Gasteiger partial charge >= 0.3 is 0 Å². The molecule has 0 unspecified atom stereocenters. The topological polar surface area (TPSA) is 54.5 Å². The summed E-state index contributed by atoms with van der Waals surface area (Å²) in [5.41, 5.74) is 0.335. The number of carbonyl (C=O) groups is 1. The molecule has 1 aromatic carbocycles. The molecule has 1 saturated carbocycles. The number of hydrogen-bond acceptors (Lipinski definition) is 3. The lowest BCUT2D eigenvalue weighted by molar-refractivity contribution is -0.134. The van der Waals surface area contributed by atoms with Gasteiger partial charge in [-0.1, -0.05) is 70.4 Å². The largest absolute Gasteiger partial charge is 0.273 e. The summed E-state index contributed by atoms with van der Waals surface area (Å²) in [7, 11) is -3.59. The molecule has 1 aliphatic carbocycles. The number of nitrogens with zero attached hydrogens (tertiary/aromatic N) is 1. The van der Waals surface area contributed by atoms with Crippen molar-refractivity contribution in [3.8, 4) is 0 Å². The van der Waals surface area contributed by atoms with Crippen molar-refractivity contribution in [2.24, 2.45) is 5.41 Å². The molecule has 1 amide bonds. The third-order valence-electron chi connectivity index (χ3n) is 4.60. The summed E-state index contributed by atoms with van der Waals surface area (Å²) in [4.78, 5) is 12.8. The summed E-state index contributed by atoms with van der Waals surface area (Å²) in [6.45, 7) is 5.56. The fraction of sp³-hybridized carbons (Fsp3) is 0.632. The highest BCUT2D eigenvalue weighted by Gasteiger charge is 2.39. The monoisotopic (exact) mass is 351 g/mol. The van der Waals surface area contributed by atoms with Crippen LogP contribution in [0.1, 0.15) is 58.4 Å². The summed E-state index contributed by atoms with van der Waals surface area (Å²) in [5.74, 6) is -0.302. The number of rotatable bonds is 5. The highest BCUT2D eigenvalue weighted by atomic mass is 32.2. The van der Waals surface area contributed by atoms with Crippen LogP contribution in [0.3, 0.4) is 0 Å². The Morgan fingerprint density at radius 1 is 1.08 bits per heavy atom. The Morgan fingerprint density at radius 3 is 2.21 bits per heavy atom. The Kier molecular flexibility index (Phi) is 6.07. The Bertz CT molecular complexity index is 641. The Labute approximate surface area is 146 Å². The van der Waals surface area contributed by atoms with Crippen LogP contribution in [0.15, 0.2) is 30.3 Å². The first-order valence-corrected chi connectivity index (χ1v) is 10.3. The molecule has 5 heteroatoms. The maximum atomic E-state index is 13.1. The fourth-order valence-electron chi connectivity index (χ4n) is 3.14. The second-order valence-electron chi connectivity index (χ2n) is 7.67. The molecule has 0 heterocycles. The van der Waals surface area contributed by atoms with Crippen molar-refractivity contribution < 1.29 is 13.2 Å². The second-order valence-corrected chi connectivity index (χ2v) is 9.81. The minimum atomic E-state index is -3.59. The van der Waals surface area contributed by atoms with Crippen LogP contribution in [-0.4, -0.2) is 30.4 Å². The molecule has 0 N–H and O–H groups in total. The predicted molar refractivity (Wildman–Crippen MR) is 97.1 cm³/mol. The first-order chi connectivity index (χ1) is 11.2. The van der Waals surface area contributed by atoms with Gasteiger partial charge in [-0.3, -0.25) is 4.79 Å². The minimum Gasteiger partial charge on any atom is -0.273 e. The molecule has 0 bridgehead atoms. The van der Waals surface area contributed by atoms with E-state index in [0.717, 1.165) is 29.1 Å². The van der Waals surface area contributed by atoms with Crippen LogP contribution >= 0.6 is 0 Å². The normalized spacial score (nSPS) is 16.8. The summed E-state index contributed by atoms with van der Waals surface area (Å²) in [5, 5.41) is -0.409. The van der Waals surface area contributed by atoms with Crippen LogP contribution in [-0.2, 0) is 21.2 Å². The van der Waals surface area contributed by atoms with Crippen molar-refractivity contribution in [1.29, 1.82) is 0 Å². The molecule has 2 rings (SSSR count). The van der Waals surface area contributed by atoms with Crippen molar-refractivity contribution in [3.63, 3.8) is 0 Å². The maximum Gasteiger partial charge on any atom is 0.241 e. The lowest BCUT2D eigenvalue weighted by Crippen LogP contribution is -2.48. The molecule has 1 aromatic rings. The standard InChI is InChI=1S/C19H29NO3S/c1-19(2,3)18(21)20(15-14-16-10-6-4-7-11-16)24(22,23)17-12-8-5-9-13-17/h4,6-7,10-11,17H,5,8-9,12-15H2,1-3H3. The predicted octanol–water partition coefficient (Wildman–Crippen LogP) is 3.77. The lowest BCUT2D eigenvalue weighted by Gasteiger charge is -2.33. The van der Waals surface area contributed by atoms with E-state index in [-0.39, 0.29) is 12.5 Å². The van der Waals surface area contributed by atoms with Crippen molar-refractivity contribution in [1.82, 2.24) is 4.31 Å². The smallest absolute Gasteiger partial charge is 0.241 e. The van der Waals surface area contributed by atoms with E-state index in [1.165, 1.54) is 0 Å². The van der Waals surface area contributed by atoms with E-state index in [9.17, 15) is 13.2 Å². The first kappa shape index (κ1) is 19.0. The summed E-state index contributed by atoms with van der Waals surface area (Å²) < 4.78 is 27.4. The third kappa shape index (κ3) is 4.59. The van der Waals surface area contributed by atoms with Crippen molar-refractivity contribution in [2.75, 3.05) is 6.54 Å². The maximum absolute atomic E-state index is 13.1. The molecular weight excluding hydrogens is 322 g/mol. The quantitative estimate of drug-likeness (QED) is 0.811. The molecule has 0 aromatic heterocycles. The van der Waals surface area contributed by atoms with Gasteiger partial charge < -0.3 is 0 Å². The van der Waals surface area contributed by atoms with E-state index in [1.807, 2.05) is 30.3 Å². The molecule has 0 atom stereocenters. The summed E-state index contributed by atoms with van der Waals surface area (Å²) >= 11 is 0. The minimum absolute atomic E-state index is 0.221. The van der Waals surface area contributed by atoms with Crippen molar-refractivity contribution in [2.45, 2.75) is 64.5 Å². The van der Waals surface area contributed by atoms with Gasteiger partial charge in [-0.05, 0) is 24.8 Å². The first-order valence-electron chi connectivity index (χ1n) is 8.83. The molecule has 0 saturated heterocycles. The zero-order valence-corrected chi connectivity index (χ0v) is 15.8. The van der Waals surface area contributed by atoms with Gasteiger partial charge in [0.1, 0.15) is 0 Å². The molecule has 0 radical (unpaired) electrons. The van der Waals surface area contributed by atoms with Gasteiger partial charge in [-0.15, -0.1) is 0 Å². The van der Waals surface area contributed by atoms with Gasteiger partial charge in [0.25, 0.3) is 0 Å². The molecule has 24 heavy (non-hydrogen) atoms. The third-order valence-corrected chi connectivity index (χ3v) is 6.87. The van der Waals surface area contributed by atoms with Crippen LogP contribution in [0, 0.1) is 5.41 Å². The van der Waals surface area contributed by atoms with Gasteiger partial charge in [0.15, 0.2) is 0 Å². The average molecular weight is 352 g/mol. The fourth-order valence-corrected chi connectivity index (χ4v) is 5.28. The van der Waals surface area contributed by atoms with Crippen LogP contribution < -0.4 is 0 Å². The van der Waals surface area contributed by atoms with Crippen molar-refractivity contribution >= 4 is 15.9 Å². The summed E-state index contributed by atoms with van der Waals surface area (Å²) in [6.07, 6.45) is 4.83. The molecule has 134 valence electrons. The highest BCUT2D eigenvalue weighted by Crippen LogP contribution is 2.29. The van der Waals surface area contributed by atoms with Gasteiger partial charge in [0.05, 0.1) is 5.25 Å². The lowest BCUT2D eigenvalue weighted by atomic mass is 9.95. The van der Waals surface area contributed by atoms with E-state index in [2.05, 4.69) is 0 Å². The van der Waals surface area contributed by atoms with E-state index < -0.39 is 20.7 Å². The van der Waals surface area contributed by atoms with Crippen LogP contribution in [0.4, 0.5) is 0 Å². The Hall–Kier alpha value is -1.36. The zero-order valence-electron chi connectivity index (χ0n) is 15.0. The molecule has 4 nitrogen and oxygen atoms in total. The van der Waals surface area contributed by atoms with Gasteiger partial charge in [0, 0.05) is 12.0 Å². The second kappa shape index (κ2) is 7.68. The molecule has 1 aliphatic rings. The number of benzene rings is 1. The molecule has 1 fully saturated rings. The Morgan fingerprint density at radius 2 is 1.67 bits per heavy atom. The number of carbonyl (C=O) groups excluding carboxylic acids is 1. The van der Waals surface area contributed by atoms with Gasteiger partial charge in [-0.25, -0.2) is 12.7 Å². The SMILES string of the molecule is CC(C)(C)C(=O)N(CCc1ccccc1)S(=O)(=O)C1CCCCC1. The molecule has 0 spiro atoms. The van der Waals surface area contributed by atoms with Crippen molar-refractivity contribution in [3.05, 3.63) is 35.9 Å². The Balaban J connectivity index is 2.23. The van der Waals surface area contributed by atoms with Gasteiger partial charge in [0.2, 0.25) is 15.9 Å². The van der Waals surface area contributed by atoms with E-state index in [4.69, 9.17) is 0 Å². The summed E-state index contributed by atoms with van der Waals surface area (Å²) in [6, 6.07) is 9.72. The van der Waals surface area contributed by atoms with Gasteiger partial charge in [-0.2, -0.15) is 0 Å². The molecule has 0 aliphatic heterocycles. The number of sulfonamides is 1. The average Bonchev–Trinajstić information content (AvgIpc) is 2.55. The van der Waals surface area contributed by atoms with E-state index >= 15 is 0 Å². The van der Waals surface area contributed by atoms with Crippen LogP contribution in [0.5, 0.6) is 0 Å². The van der Waals surface area contributed by atoms with E-state index in [1.54, 1.807) is 20.8 Å². The van der Waals surface area contributed by atoms with Crippen LogP contribution in [0.2, 0.25) is 0 Å². The van der Waals surface area contributed by atoms with Crippen LogP contribution in [0.25, 0.3) is 0 Å². The number of amides is 1. The van der Waals surface area contributed by atoms with E-state index in [0.29, 0.717) is 19.3 Å². The highest BCUT2D eigenvalue weighted by molar-refractivity contribution is 7.90.